The average molecular weight is 391 g/mol. The van der Waals surface area contributed by atoms with Crippen LogP contribution in [0.15, 0.2) is 28.7 Å². The number of ether oxygens (including phenoxy) is 1. The summed E-state index contributed by atoms with van der Waals surface area (Å²) in [5.74, 6) is 0.333. The quantitative estimate of drug-likeness (QED) is 0.871. The van der Waals surface area contributed by atoms with Gasteiger partial charge in [0.15, 0.2) is 0 Å². The Morgan fingerprint density at radius 3 is 2.67 bits per heavy atom. The van der Waals surface area contributed by atoms with Crippen LogP contribution in [0.4, 0.5) is 11.6 Å². The van der Waals surface area contributed by atoms with Crippen LogP contribution in [0.5, 0.6) is 0 Å². The lowest BCUT2D eigenvalue weighted by Gasteiger charge is -2.26. The van der Waals surface area contributed by atoms with Gasteiger partial charge in [-0.1, -0.05) is 22.0 Å². The van der Waals surface area contributed by atoms with Crippen molar-refractivity contribution in [3.63, 3.8) is 0 Å². The first kappa shape index (κ1) is 16.9. The normalized spacial score (nSPS) is 14.5. The fourth-order valence-electron chi connectivity index (χ4n) is 2.46. The number of nitrogens with zero attached hydrogens (tertiary/aromatic N) is 3. The van der Waals surface area contributed by atoms with Gasteiger partial charge in [0.05, 0.1) is 13.2 Å². The number of hydrogen-bond donors (Lipinski definition) is 1. The van der Waals surface area contributed by atoms with Crippen molar-refractivity contribution in [3.05, 3.63) is 45.7 Å². The van der Waals surface area contributed by atoms with Crippen LogP contribution in [0.25, 0.3) is 0 Å². The molecule has 7 heteroatoms. The summed E-state index contributed by atoms with van der Waals surface area (Å²) < 4.78 is 6.29. The van der Waals surface area contributed by atoms with E-state index in [-0.39, 0.29) is 5.91 Å². The molecule has 1 fully saturated rings. The van der Waals surface area contributed by atoms with Gasteiger partial charge in [0, 0.05) is 28.9 Å². The van der Waals surface area contributed by atoms with Gasteiger partial charge in [0.1, 0.15) is 5.69 Å². The molecule has 0 radical (unpaired) electrons. The van der Waals surface area contributed by atoms with Crippen molar-refractivity contribution in [1.82, 2.24) is 14.9 Å². The summed E-state index contributed by atoms with van der Waals surface area (Å²) in [6, 6.07) is 7.63. The van der Waals surface area contributed by atoms with E-state index in [0.717, 1.165) is 21.4 Å². The topological polar surface area (TPSA) is 67.4 Å². The summed E-state index contributed by atoms with van der Waals surface area (Å²) in [5.41, 5.74) is 3.16. The third-order valence-corrected chi connectivity index (χ3v) is 4.65. The van der Waals surface area contributed by atoms with Crippen molar-refractivity contribution in [2.24, 2.45) is 0 Å². The molecule has 0 bridgehead atoms. The number of amides is 1. The van der Waals surface area contributed by atoms with E-state index in [0.29, 0.717) is 37.9 Å². The molecule has 24 heavy (non-hydrogen) atoms. The molecule has 1 aliphatic heterocycles. The third-order valence-electron chi connectivity index (χ3n) is 3.80. The highest BCUT2D eigenvalue weighted by molar-refractivity contribution is 9.10. The fraction of sp³-hybridized carbons (Fsp3) is 0.353. The van der Waals surface area contributed by atoms with Gasteiger partial charge in [-0.3, -0.25) is 4.79 Å². The van der Waals surface area contributed by atoms with Gasteiger partial charge in [-0.05, 0) is 37.6 Å². The van der Waals surface area contributed by atoms with Crippen LogP contribution in [0, 0.1) is 13.8 Å². The molecule has 1 aromatic heterocycles. The van der Waals surface area contributed by atoms with Crippen LogP contribution in [0.2, 0.25) is 0 Å². The predicted molar refractivity (Wildman–Crippen MR) is 95.7 cm³/mol. The van der Waals surface area contributed by atoms with Crippen LogP contribution < -0.4 is 5.32 Å². The second-order valence-electron chi connectivity index (χ2n) is 5.71. The number of carbonyl (C=O) groups excluding carboxylic acids is 1. The van der Waals surface area contributed by atoms with Gasteiger partial charge in [-0.2, -0.15) is 0 Å². The van der Waals surface area contributed by atoms with E-state index in [1.54, 1.807) is 11.0 Å². The Bertz CT molecular complexity index is 760. The fourth-order valence-corrected chi connectivity index (χ4v) is 2.84. The molecule has 1 N–H and O–H groups in total. The van der Waals surface area contributed by atoms with Crippen LogP contribution in [0.3, 0.4) is 0 Å². The Morgan fingerprint density at radius 2 is 1.96 bits per heavy atom. The van der Waals surface area contributed by atoms with Gasteiger partial charge in [0.25, 0.3) is 5.91 Å². The number of halogens is 1. The molecule has 3 rings (SSSR count). The minimum absolute atomic E-state index is 0.0862. The summed E-state index contributed by atoms with van der Waals surface area (Å²) >= 11 is 3.51. The lowest BCUT2D eigenvalue weighted by molar-refractivity contribution is 0.0299. The molecule has 1 aliphatic rings. The van der Waals surface area contributed by atoms with Crippen LogP contribution in [0.1, 0.15) is 21.7 Å². The van der Waals surface area contributed by atoms with Crippen LogP contribution in [-0.2, 0) is 4.74 Å². The molecule has 126 valence electrons. The summed E-state index contributed by atoms with van der Waals surface area (Å²) in [6.07, 6.45) is 0. The number of aryl methyl sites for hydroxylation is 2. The Labute approximate surface area is 149 Å². The molecule has 6 nitrogen and oxygen atoms in total. The standard InChI is InChI=1S/C17H19BrN4O2/c1-11-3-4-13(10-14(11)18)20-17-19-12(2)9-15(21-17)16(23)22-5-7-24-8-6-22/h3-4,9-10H,5-8H2,1-2H3,(H,19,20,21). The van der Waals surface area contributed by atoms with E-state index in [4.69, 9.17) is 4.74 Å². The van der Waals surface area contributed by atoms with Gasteiger partial charge < -0.3 is 15.0 Å². The number of aromatic nitrogens is 2. The van der Waals surface area contributed by atoms with Crippen molar-refractivity contribution in [3.8, 4) is 0 Å². The highest BCUT2D eigenvalue weighted by Gasteiger charge is 2.20. The number of benzene rings is 1. The Kier molecular flexibility index (Phi) is 5.11. The molecule has 0 aliphatic carbocycles. The Balaban J connectivity index is 1.82. The zero-order chi connectivity index (χ0) is 17.1. The number of hydrogen-bond acceptors (Lipinski definition) is 5. The molecule has 2 heterocycles. The zero-order valence-corrected chi connectivity index (χ0v) is 15.3. The maximum Gasteiger partial charge on any atom is 0.272 e. The van der Waals surface area contributed by atoms with E-state index < -0.39 is 0 Å². The highest BCUT2D eigenvalue weighted by atomic mass is 79.9. The second-order valence-corrected chi connectivity index (χ2v) is 6.57. The molecule has 1 saturated heterocycles. The first-order chi connectivity index (χ1) is 11.5. The summed E-state index contributed by atoms with van der Waals surface area (Å²) in [5, 5.41) is 3.16. The molecule has 0 unspecified atom stereocenters. The monoisotopic (exact) mass is 390 g/mol. The van der Waals surface area contributed by atoms with Gasteiger partial charge in [0.2, 0.25) is 5.95 Å². The average Bonchev–Trinajstić information content (AvgIpc) is 2.58. The van der Waals surface area contributed by atoms with Crippen molar-refractivity contribution < 1.29 is 9.53 Å². The second kappa shape index (κ2) is 7.27. The van der Waals surface area contributed by atoms with Crippen LogP contribution in [-0.4, -0.2) is 47.1 Å². The maximum atomic E-state index is 12.6. The largest absolute Gasteiger partial charge is 0.378 e. The molecule has 1 amide bonds. The molecule has 2 aromatic rings. The summed E-state index contributed by atoms with van der Waals surface area (Å²) in [6.45, 7) is 6.20. The van der Waals surface area contributed by atoms with Crippen molar-refractivity contribution >= 4 is 33.5 Å². The first-order valence-electron chi connectivity index (χ1n) is 7.79. The molecule has 0 spiro atoms. The van der Waals surface area contributed by atoms with Gasteiger partial charge >= 0.3 is 0 Å². The molecular formula is C17H19BrN4O2. The molecule has 1 aromatic carbocycles. The van der Waals surface area contributed by atoms with E-state index in [1.165, 1.54) is 0 Å². The summed E-state index contributed by atoms with van der Waals surface area (Å²) in [4.78, 5) is 23.1. The predicted octanol–water partition coefficient (Wildman–Crippen LogP) is 3.07. The lowest BCUT2D eigenvalue weighted by atomic mass is 10.2. The van der Waals surface area contributed by atoms with Crippen molar-refractivity contribution in [2.45, 2.75) is 13.8 Å². The number of nitrogens with one attached hydrogen (secondary N) is 1. The maximum absolute atomic E-state index is 12.6. The first-order valence-corrected chi connectivity index (χ1v) is 8.58. The number of rotatable bonds is 3. The van der Waals surface area contributed by atoms with E-state index in [1.807, 2.05) is 32.0 Å². The highest BCUT2D eigenvalue weighted by Crippen LogP contribution is 2.22. The Morgan fingerprint density at radius 1 is 1.21 bits per heavy atom. The lowest BCUT2D eigenvalue weighted by Crippen LogP contribution is -2.41. The molecule has 0 atom stereocenters. The minimum atomic E-state index is -0.0862. The van der Waals surface area contributed by atoms with Crippen LogP contribution >= 0.6 is 15.9 Å². The van der Waals surface area contributed by atoms with E-state index in [2.05, 4.69) is 31.2 Å². The van der Waals surface area contributed by atoms with E-state index in [9.17, 15) is 4.79 Å². The summed E-state index contributed by atoms with van der Waals surface area (Å²) in [7, 11) is 0. The molecule has 0 saturated carbocycles. The zero-order valence-electron chi connectivity index (χ0n) is 13.7. The van der Waals surface area contributed by atoms with Gasteiger partial charge in [-0.15, -0.1) is 0 Å². The number of anilines is 2. The van der Waals surface area contributed by atoms with E-state index >= 15 is 0 Å². The smallest absolute Gasteiger partial charge is 0.272 e. The van der Waals surface area contributed by atoms with Crippen molar-refractivity contribution in [2.75, 3.05) is 31.6 Å². The Hall–Kier alpha value is -1.99. The third kappa shape index (κ3) is 3.91. The van der Waals surface area contributed by atoms with Crippen molar-refractivity contribution in [1.29, 1.82) is 0 Å². The number of morpholine rings is 1. The minimum Gasteiger partial charge on any atom is -0.378 e. The number of carbonyl (C=O) groups is 1. The SMILES string of the molecule is Cc1cc(C(=O)N2CCOCC2)nc(Nc2ccc(C)c(Br)c2)n1. The molecular weight excluding hydrogens is 372 g/mol. The van der Waals surface area contributed by atoms with Gasteiger partial charge in [-0.25, -0.2) is 9.97 Å².